The van der Waals surface area contributed by atoms with Gasteiger partial charge in [0.05, 0.1) is 21.5 Å². The van der Waals surface area contributed by atoms with E-state index in [1.54, 1.807) is 62.2 Å². The first-order chi connectivity index (χ1) is 14.2. The molecule has 7 nitrogen and oxygen atoms in total. The van der Waals surface area contributed by atoms with Gasteiger partial charge in [-0.3, -0.25) is 4.79 Å². The van der Waals surface area contributed by atoms with Gasteiger partial charge in [0.25, 0.3) is 0 Å². The van der Waals surface area contributed by atoms with Crippen LogP contribution in [0.1, 0.15) is 38.3 Å². The van der Waals surface area contributed by atoms with Crippen LogP contribution in [0.5, 0.6) is 5.75 Å². The minimum absolute atomic E-state index is 0.0483. The van der Waals surface area contributed by atoms with Crippen molar-refractivity contribution in [3.63, 3.8) is 0 Å². The molecule has 8 heteroatoms. The molecule has 4 rings (SSSR count). The van der Waals surface area contributed by atoms with Gasteiger partial charge in [0.15, 0.2) is 0 Å². The zero-order valence-electron chi connectivity index (χ0n) is 17.3. The van der Waals surface area contributed by atoms with Crippen molar-refractivity contribution in [2.45, 2.75) is 54.2 Å². The summed E-state index contributed by atoms with van der Waals surface area (Å²) in [5.41, 5.74) is -0.0346. The van der Waals surface area contributed by atoms with Crippen LogP contribution in [-0.2, 0) is 14.6 Å². The minimum atomic E-state index is -3.83. The van der Waals surface area contributed by atoms with Crippen LogP contribution in [0, 0.1) is 0 Å². The van der Waals surface area contributed by atoms with Crippen molar-refractivity contribution in [3.8, 4) is 5.75 Å². The maximum absolute atomic E-state index is 13.4. The van der Waals surface area contributed by atoms with Crippen molar-refractivity contribution >= 4 is 21.4 Å². The van der Waals surface area contributed by atoms with Crippen molar-refractivity contribution < 1.29 is 23.1 Å². The summed E-state index contributed by atoms with van der Waals surface area (Å²) in [4.78, 5) is 14.4. The number of rotatable bonds is 4. The molecule has 0 aromatic heterocycles. The Morgan fingerprint density at radius 1 is 1.20 bits per heavy atom. The van der Waals surface area contributed by atoms with Gasteiger partial charge in [0.1, 0.15) is 17.5 Å². The molecular formula is C22H26N2O5S. The summed E-state index contributed by atoms with van der Waals surface area (Å²) in [5.74, 6) is 0.416. The number of carbonyl (C=O) groups is 1. The Labute approximate surface area is 176 Å². The fourth-order valence-electron chi connectivity index (χ4n) is 4.24. The van der Waals surface area contributed by atoms with Crippen LogP contribution in [0.2, 0.25) is 0 Å². The lowest BCUT2D eigenvalue weighted by atomic mass is 9.85. The van der Waals surface area contributed by atoms with Gasteiger partial charge in [-0.05, 0) is 38.5 Å². The lowest BCUT2D eigenvalue weighted by molar-refractivity contribution is -0.139. The van der Waals surface area contributed by atoms with E-state index in [0.717, 1.165) is 0 Å². The molecule has 2 aromatic carbocycles. The Hall–Kier alpha value is -2.58. The van der Waals surface area contributed by atoms with Crippen molar-refractivity contribution in [2.24, 2.45) is 0 Å². The van der Waals surface area contributed by atoms with Crippen LogP contribution in [0.4, 0.5) is 5.69 Å². The Kier molecular flexibility index (Phi) is 5.02. The quantitative estimate of drug-likeness (QED) is 0.774. The standard InChI is InChI=1S/C22H26N2O5S/c1-22(2)21(26)20(24-11-7-10-19(24)25)15-12-18(16(23-3)13-17(15)29-22)30(27,28)14-8-5-4-6-9-14/h4-6,8-9,12-13,20-21,23,26H,7,10-11H2,1-3H3/t20-,21+/m0/s1. The fourth-order valence-corrected chi connectivity index (χ4v) is 5.74. The van der Waals surface area contributed by atoms with E-state index in [4.69, 9.17) is 4.74 Å². The zero-order valence-corrected chi connectivity index (χ0v) is 18.1. The highest BCUT2D eigenvalue weighted by Gasteiger charge is 2.48. The van der Waals surface area contributed by atoms with Gasteiger partial charge in [-0.2, -0.15) is 0 Å². The number of amides is 1. The normalized spacial score (nSPS) is 23.1. The van der Waals surface area contributed by atoms with Crippen LogP contribution in [0.3, 0.4) is 0 Å². The third-order valence-corrected chi connectivity index (χ3v) is 7.68. The van der Waals surface area contributed by atoms with Crippen molar-refractivity contribution in [3.05, 3.63) is 48.0 Å². The SMILES string of the molecule is CNc1cc2c(cc1S(=O)(=O)c1ccccc1)[C@H](N1CCCC1=O)[C@@H](O)C(C)(C)O2. The summed E-state index contributed by atoms with van der Waals surface area (Å²) in [6.45, 7) is 4.05. The molecule has 2 aromatic rings. The molecule has 0 radical (unpaired) electrons. The molecule has 1 saturated heterocycles. The Bertz CT molecular complexity index is 1080. The number of benzene rings is 2. The van der Waals surface area contributed by atoms with Crippen LogP contribution >= 0.6 is 0 Å². The molecule has 0 aliphatic carbocycles. The number of fused-ring (bicyclic) bond motifs is 1. The maximum atomic E-state index is 13.4. The summed E-state index contributed by atoms with van der Waals surface area (Å²) in [5, 5.41) is 14.0. The lowest BCUT2D eigenvalue weighted by Gasteiger charge is -2.45. The van der Waals surface area contributed by atoms with Gasteiger partial charge in [-0.1, -0.05) is 18.2 Å². The van der Waals surface area contributed by atoms with Gasteiger partial charge in [-0.25, -0.2) is 8.42 Å². The van der Waals surface area contributed by atoms with Gasteiger partial charge < -0.3 is 20.1 Å². The van der Waals surface area contributed by atoms with E-state index < -0.39 is 27.6 Å². The monoisotopic (exact) mass is 430 g/mol. The molecule has 2 heterocycles. The molecule has 0 spiro atoms. The van der Waals surface area contributed by atoms with E-state index in [9.17, 15) is 18.3 Å². The van der Waals surface area contributed by atoms with Crippen molar-refractivity contribution in [1.82, 2.24) is 4.90 Å². The molecule has 2 atom stereocenters. The third-order valence-electron chi connectivity index (χ3n) is 5.87. The molecule has 1 amide bonds. The first kappa shape index (κ1) is 20.7. The topological polar surface area (TPSA) is 95.9 Å². The molecule has 0 bridgehead atoms. The van der Waals surface area contributed by atoms with E-state index in [0.29, 0.717) is 36.4 Å². The van der Waals surface area contributed by atoms with Crippen LogP contribution in [-0.4, -0.2) is 49.6 Å². The Morgan fingerprint density at radius 3 is 2.50 bits per heavy atom. The summed E-state index contributed by atoms with van der Waals surface area (Å²) < 4.78 is 32.8. The average Bonchev–Trinajstić information content (AvgIpc) is 3.14. The zero-order chi connectivity index (χ0) is 21.7. The van der Waals surface area contributed by atoms with E-state index in [1.807, 2.05) is 0 Å². The molecule has 1 fully saturated rings. The molecular weight excluding hydrogens is 404 g/mol. The van der Waals surface area contributed by atoms with E-state index in [-0.39, 0.29) is 15.7 Å². The minimum Gasteiger partial charge on any atom is -0.485 e. The number of aliphatic hydroxyl groups excluding tert-OH is 1. The number of likely N-dealkylation sites (tertiary alicyclic amines) is 1. The predicted octanol–water partition coefficient (Wildman–Crippen LogP) is 2.76. The van der Waals surface area contributed by atoms with Gasteiger partial charge >= 0.3 is 0 Å². The number of carbonyl (C=O) groups excluding carboxylic acids is 1. The Morgan fingerprint density at radius 2 is 1.90 bits per heavy atom. The smallest absolute Gasteiger partial charge is 0.223 e. The second kappa shape index (κ2) is 7.28. The van der Waals surface area contributed by atoms with Crippen LogP contribution < -0.4 is 10.1 Å². The van der Waals surface area contributed by atoms with E-state index >= 15 is 0 Å². The second-order valence-corrected chi connectivity index (χ2v) is 10.2. The summed E-state index contributed by atoms with van der Waals surface area (Å²) >= 11 is 0. The highest BCUT2D eigenvalue weighted by atomic mass is 32.2. The molecule has 2 aliphatic rings. The van der Waals surface area contributed by atoms with Gasteiger partial charge in [-0.15, -0.1) is 0 Å². The molecule has 0 saturated carbocycles. The molecule has 160 valence electrons. The third kappa shape index (κ3) is 3.24. The fraction of sp³-hybridized carbons (Fsp3) is 0.409. The van der Waals surface area contributed by atoms with Gasteiger partial charge in [0.2, 0.25) is 15.7 Å². The number of nitrogens with zero attached hydrogens (tertiary/aromatic N) is 1. The first-order valence-electron chi connectivity index (χ1n) is 9.99. The Balaban J connectivity index is 1.93. The van der Waals surface area contributed by atoms with E-state index in [2.05, 4.69) is 5.32 Å². The number of nitrogens with one attached hydrogen (secondary N) is 1. The molecule has 0 unspecified atom stereocenters. The lowest BCUT2D eigenvalue weighted by Crippen LogP contribution is -2.53. The number of hydrogen-bond donors (Lipinski definition) is 2. The van der Waals surface area contributed by atoms with Crippen LogP contribution in [0.15, 0.2) is 52.3 Å². The maximum Gasteiger partial charge on any atom is 0.223 e. The highest BCUT2D eigenvalue weighted by molar-refractivity contribution is 7.91. The van der Waals surface area contributed by atoms with E-state index in [1.165, 1.54) is 6.07 Å². The van der Waals surface area contributed by atoms with Crippen molar-refractivity contribution in [1.29, 1.82) is 0 Å². The first-order valence-corrected chi connectivity index (χ1v) is 11.5. The predicted molar refractivity (Wildman–Crippen MR) is 112 cm³/mol. The molecule has 2 N–H and O–H groups in total. The summed E-state index contributed by atoms with van der Waals surface area (Å²) in [7, 11) is -2.18. The average molecular weight is 431 g/mol. The largest absolute Gasteiger partial charge is 0.485 e. The second-order valence-electron chi connectivity index (χ2n) is 8.24. The number of anilines is 1. The van der Waals surface area contributed by atoms with Gasteiger partial charge in [0, 0.05) is 31.6 Å². The molecule has 30 heavy (non-hydrogen) atoms. The highest BCUT2D eigenvalue weighted by Crippen LogP contribution is 2.47. The number of sulfone groups is 1. The molecule has 2 aliphatic heterocycles. The number of ether oxygens (including phenoxy) is 1. The number of hydrogen-bond acceptors (Lipinski definition) is 6. The van der Waals surface area contributed by atoms with Crippen molar-refractivity contribution in [2.75, 3.05) is 18.9 Å². The number of aliphatic hydroxyl groups is 1. The van der Waals surface area contributed by atoms with Crippen LogP contribution in [0.25, 0.3) is 0 Å². The summed E-state index contributed by atoms with van der Waals surface area (Å²) in [6, 6.07) is 10.7. The summed E-state index contributed by atoms with van der Waals surface area (Å²) in [6.07, 6.45) is 0.131.